The number of halogens is 3. The van der Waals surface area contributed by atoms with Crippen LogP contribution in [0.15, 0.2) is 12.1 Å². The van der Waals surface area contributed by atoms with Gasteiger partial charge in [-0.05, 0) is 30.5 Å². The molecule has 0 aliphatic heterocycles. The van der Waals surface area contributed by atoms with Crippen molar-refractivity contribution in [3.8, 4) is 0 Å². The molecule has 0 spiro atoms. The summed E-state index contributed by atoms with van der Waals surface area (Å²) < 4.78 is 27.3. The van der Waals surface area contributed by atoms with Crippen LogP contribution >= 0.6 is 11.6 Å². The van der Waals surface area contributed by atoms with E-state index in [1.54, 1.807) is 6.92 Å². The molecule has 17 heavy (non-hydrogen) atoms. The summed E-state index contributed by atoms with van der Waals surface area (Å²) in [6, 6.07) is 2.14. The van der Waals surface area contributed by atoms with Crippen molar-refractivity contribution < 1.29 is 8.78 Å². The molecule has 2 rings (SSSR count). The topological polar surface area (TPSA) is 12.9 Å². The molecule has 0 saturated carbocycles. The predicted octanol–water partition coefficient (Wildman–Crippen LogP) is 4.60. The molecule has 0 radical (unpaired) electrons. The van der Waals surface area contributed by atoms with E-state index >= 15 is 0 Å². The van der Waals surface area contributed by atoms with Crippen LogP contribution in [-0.2, 0) is 0 Å². The molecule has 1 nitrogen and oxygen atoms in total. The number of nitrogens with zero attached hydrogens (tertiary/aromatic N) is 1. The zero-order chi connectivity index (χ0) is 12.7. The van der Waals surface area contributed by atoms with Gasteiger partial charge in [-0.2, -0.15) is 0 Å². The fourth-order valence-corrected chi connectivity index (χ4v) is 2.59. The van der Waals surface area contributed by atoms with E-state index in [1.807, 2.05) is 13.8 Å². The number of hydrogen-bond acceptors (Lipinski definition) is 1. The third kappa shape index (κ3) is 1.89. The van der Waals surface area contributed by atoms with Gasteiger partial charge in [0.2, 0.25) is 0 Å². The molecule has 0 atom stereocenters. The molecule has 1 aromatic heterocycles. The average Bonchev–Trinajstić information content (AvgIpc) is 2.22. The van der Waals surface area contributed by atoms with Crippen LogP contribution < -0.4 is 0 Å². The zero-order valence-corrected chi connectivity index (χ0v) is 10.6. The van der Waals surface area contributed by atoms with Gasteiger partial charge in [0, 0.05) is 5.69 Å². The third-order valence-corrected chi connectivity index (χ3v) is 3.17. The Bertz CT molecular complexity index is 594. The minimum Gasteiger partial charge on any atom is -0.250 e. The van der Waals surface area contributed by atoms with Crippen LogP contribution in [0, 0.1) is 18.6 Å². The molecule has 90 valence electrons. The van der Waals surface area contributed by atoms with Crippen LogP contribution in [0.3, 0.4) is 0 Å². The number of aromatic nitrogens is 1. The molecule has 0 unspecified atom stereocenters. The van der Waals surface area contributed by atoms with Gasteiger partial charge in [-0.25, -0.2) is 13.8 Å². The minimum atomic E-state index is -0.554. The quantitative estimate of drug-likeness (QED) is 0.726. The normalized spacial score (nSPS) is 11.5. The highest BCUT2D eigenvalue weighted by molar-refractivity contribution is 6.36. The second kappa shape index (κ2) is 4.22. The van der Waals surface area contributed by atoms with Gasteiger partial charge in [0.1, 0.15) is 17.2 Å². The zero-order valence-electron chi connectivity index (χ0n) is 9.81. The maximum absolute atomic E-state index is 13.7. The molecule has 1 aromatic carbocycles. The van der Waals surface area contributed by atoms with Crippen molar-refractivity contribution in [1.82, 2.24) is 4.98 Å². The molecule has 0 bridgehead atoms. The first-order valence-corrected chi connectivity index (χ1v) is 5.75. The van der Waals surface area contributed by atoms with Gasteiger partial charge >= 0.3 is 0 Å². The van der Waals surface area contributed by atoms with E-state index in [-0.39, 0.29) is 21.8 Å². The van der Waals surface area contributed by atoms with Crippen molar-refractivity contribution in [1.29, 1.82) is 0 Å². The maximum Gasteiger partial charge on any atom is 0.149 e. The van der Waals surface area contributed by atoms with Crippen LogP contribution in [0.25, 0.3) is 10.9 Å². The Balaban J connectivity index is 2.97. The van der Waals surface area contributed by atoms with Crippen molar-refractivity contribution in [2.45, 2.75) is 26.7 Å². The lowest BCUT2D eigenvalue weighted by molar-refractivity contribution is 0.614. The minimum absolute atomic E-state index is 0.00287. The molecule has 0 N–H and O–H groups in total. The van der Waals surface area contributed by atoms with Crippen molar-refractivity contribution >= 4 is 22.5 Å². The largest absolute Gasteiger partial charge is 0.250 e. The van der Waals surface area contributed by atoms with Gasteiger partial charge < -0.3 is 0 Å². The Morgan fingerprint density at radius 2 is 1.76 bits per heavy atom. The van der Waals surface area contributed by atoms with Gasteiger partial charge in [-0.3, -0.25) is 0 Å². The number of aryl methyl sites for hydroxylation is 1. The van der Waals surface area contributed by atoms with E-state index in [9.17, 15) is 8.78 Å². The summed E-state index contributed by atoms with van der Waals surface area (Å²) in [5, 5.41) is 0.334. The van der Waals surface area contributed by atoms with Crippen molar-refractivity contribution in [3.05, 3.63) is 40.0 Å². The van der Waals surface area contributed by atoms with Gasteiger partial charge in [0.15, 0.2) is 0 Å². The Morgan fingerprint density at radius 1 is 1.18 bits per heavy atom. The van der Waals surface area contributed by atoms with E-state index in [2.05, 4.69) is 4.98 Å². The molecule has 0 saturated heterocycles. The second-order valence-corrected chi connectivity index (χ2v) is 4.71. The molecule has 2 aromatic rings. The summed E-state index contributed by atoms with van der Waals surface area (Å²) in [7, 11) is 0. The molecule has 0 fully saturated rings. The molecule has 0 amide bonds. The summed E-state index contributed by atoms with van der Waals surface area (Å²) in [5.74, 6) is -0.982. The molecule has 1 heterocycles. The first-order valence-electron chi connectivity index (χ1n) is 5.37. The summed E-state index contributed by atoms with van der Waals surface area (Å²) in [6.07, 6.45) is 0. The van der Waals surface area contributed by atoms with E-state index < -0.39 is 11.6 Å². The van der Waals surface area contributed by atoms with E-state index in [4.69, 9.17) is 11.6 Å². The lowest BCUT2D eigenvalue weighted by Crippen LogP contribution is -2.00. The highest BCUT2D eigenvalue weighted by Gasteiger charge is 2.18. The van der Waals surface area contributed by atoms with Crippen molar-refractivity contribution in [2.24, 2.45) is 0 Å². The number of pyridine rings is 1. The fourth-order valence-electron chi connectivity index (χ4n) is 2.05. The molecule has 4 heteroatoms. The summed E-state index contributed by atoms with van der Waals surface area (Å²) >= 11 is 6.17. The Morgan fingerprint density at radius 3 is 2.35 bits per heavy atom. The average molecular weight is 256 g/mol. The number of benzene rings is 1. The van der Waals surface area contributed by atoms with Crippen LogP contribution in [0.5, 0.6) is 0 Å². The number of hydrogen-bond donors (Lipinski definition) is 0. The summed E-state index contributed by atoms with van der Waals surface area (Å²) in [6.45, 7) is 5.64. The lowest BCUT2D eigenvalue weighted by atomic mass is 9.99. The Hall–Kier alpha value is -1.22. The monoisotopic (exact) mass is 255 g/mol. The van der Waals surface area contributed by atoms with E-state index in [1.165, 1.54) is 0 Å². The molecular weight excluding hydrogens is 244 g/mol. The fraction of sp³-hybridized carbons (Fsp3) is 0.308. The highest BCUT2D eigenvalue weighted by atomic mass is 35.5. The van der Waals surface area contributed by atoms with Crippen molar-refractivity contribution in [3.63, 3.8) is 0 Å². The van der Waals surface area contributed by atoms with Gasteiger partial charge in [0.05, 0.1) is 10.4 Å². The van der Waals surface area contributed by atoms with Crippen molar-refractivity contribution in [2.75, 3.05) is 0 Å². The summed E-state index contributed by atoms with van der Waals surface area (Å²) in [4.78, 5) is 4.12. The number of rotatable bonds is 1. The number of fused-ring (bicyclic) bond motifs is 1. The van der Waals surface area contributed by atoms with Gasteiger partial charge in [-0.15, -0.1) is 0 Å². The van der Waals surface area contributed by atoms with Crippen LogP contribution in [0.1, 0.15) is 31.0 Å². The molecule has 0 aliphatic carbocycles. The first kappa shape index (κ1) is 12.2. The lowest BCUT2D eigenvalue weighted by Gasteiger charge is -2.14. The van der Waals surface area contributed by atoms with Crippen LogP contribution in [0.4, 0.5) is 8.78 Å². The highest BCUT2D eigenvalue weighted by Crippen LogP contribution is 2.35. The van der Waals surface area contributed by atoms with Gasteiger partial charge in [-0.1, -0.05) is 25.4 Å². The van der Waals surface area contributed by atoms with E-state index in [0.717, 1.165) is 17.7 Å². The first-order chi connectivity index (χ1) is 7.93. The van der Waals surface area contributed by atoms with Crippen LogP contribution in [0.2, 0.25) is 5.02 Å². The SMILES string of the molecule is Cc1nc2c(F)ccc(F)c2c(Cl)c1C(C)C. The Kier molecular flexibility index (Phi) is 3.04. The molecule has 0 aliphatic rings. The predicted molar refractivity (Wildman–Crippen MR) is 65.5 cm³/mol. The smallest absolute Gasteiger partial charge is 0.149 e. The van der Waals surface area contributed by atoms with Crippen LogP contribution in [-0.4, -0.2) is 4.98 Å². The summed E-state index contributed by atoms with van der Waals surface area (Å²) in [5.41, 5.74) is 1.41. The standard InChI is InChI=1S/C13H12ClF2N/c1-6(2)10-7(3)17-13-9(16)5-4-8(15)11(13)12(10)14/h4-6H,1-3H3. The molecular formula is C13H12ClF2N. The third-order valence-electron chi connectivity index (χ3n) is 2.78. The maximum atomic E-state index is 13.7. The van der Waals surface area contributed by atoms with E-state index in [0.29, 0.717) is 5.69 Å². The van der Waals surface area contributed by atoms with Gasteiger partial charge in [0.25, 0.3) is 0 Å². The second-order valence-electron chi connectivity index (χ2n) is 4.33. The Labute approximate surface area is 103 Å².